The fraction of sp³-hybridized carbons (Fsp3) is 0.167. The number of alkyl halides is 1. The predicted octanol–water partition coefficient (Wildman–Crippen LogP) is 2.45. The molecule has 1 N–H and O–H groups in total. The summed E-state index contributed by atoms with van der Waals surface area (Å²) in [5.41, 5.74) is 0. The van der Waals surface area contributed by atoms with Crippen LogP contribution in [0, 0.1) is 4.51 Å². The first-order chi connectivity index (χ1) is 4.74. The Morgan fingerprint density at radius 2 is 2.40 bits per heavy atom. The zero-order chi connectivity index (χ0) is 7.56. The maximum Gasteiger partial charge on any atom is 0.169 e. The van der Waals surface area contributed by atoms with Gasteiger partial charge in [0.1, 0.15) is 12.0 Å². The molecule has 1 rings (SSSR count). The zero-order valence-electron chi connectivity index (χ0n) is 5.00. The number of aromatic hydroxyl groups is 1. The van der Waals surface area contributed by atoms with E-state index in [2.05, 4.69) is 0 Å². The minimum Gasteiger partial charge on any atom is -0.504 e. The van der Waals surface area contributed by atoms with Crippen LogP contribution >= 0.6 is 23.8 Å². The quantitative estimate of drug-likeness (QED) is 0.527. The Kier molecular flexibility index (Phi) is 2.29. The summed E-state index contributed by atoms with van der Waals surface area (Å²) < 4.78 is 5.20. The Hall–Kier alpha value is -0.540. The van der Waals surface area contributed by atoms with E-state index < -0.39 is 0 Å². The minimum absolute atomic E-state index is 0.0242. The molecule has 1 heterocycles. The number of hydrogen-bond donors (Lipinski definition) is 1. The molecule has 0 fully saturated rings. The summed E-state index contributed by atoms with van der Waals surface area (Å²) in [5, 5.41) is 8.90. The van der Waals surface area contributed by atoms with Crippen LogP contribution in [0.15, 0.2) is 16.7 Å². The van der Waals surface area contributed by atoms with Crippen LogP contribution in [0.25, 0.3) is 0 Å². The van der Waals surface area contributed by atoms with Gasteiger partial charge in [0.15, 0.2) is 5.75 Å². The van der Waals surface area contributed by atoms with Gasteiger partial charge in [-0.25, -0.2) is 0 Å². The van der Waals surface area contributed by atoms with E-state index in [1.807, 2.05) is 0 Å². The third-order valence-electron chi connectivity index (χ3n) is 0.998. The maximum atomic E-state index is 8.90. The van der Waals surface area contributed by atoms with E-state index in [0.717, 1.165) is 0 Å². The summed E-state index contributed by atoms with van der Waals surface area (Å²) in [5.74, 6) is 0.803. The zero-order valence-corrected chi connectivity index (χ0v) is 6.58. The first-order valence-electron chi connectivity index (χ1n) is 2.60. The Balaban J connectivity index is 3.17. The largest absolute Gasteiger partial charge is 0.504 e. The first-order valence-corrected chi connectivity index (χ1v) is 3.55. The third kappa shape index (κ3) is 1.49. The molecule has 0 bridgehead atoms. The van der Waals surface area contributed by atoms with Gasteiger partial charge in [-0.1, -0.05) is 12.2 Å². The van der Waals surface area contributed by atoms with Crippen molar-refractivity contribution in [2.45, 2.75) is 5.88 Å². The Morgan fingerprint density at radius 1 is 1.70 bits per heavy atom. The highest BCUT2D eigenvalue weighted by molar-refractivity contribution is 7.71. The molecule has 10 heavy (non-hydrogen) atoms. The monoisotopic (exact) mass is 176 g/mol. The van der Waals surface area contributed by atoms with Crippen LogP contribution in [0.5, 0.6) is 5.75 Å². The van der Waals surface area contributed by atoms with Crippen LogP contribution in [0.3, 0.4) is 0 Å². The van der Waals surface area contributed by atoms with Gasteiger partial charge in [0.25, 0.3) is 0 Å². The van der Waals surface area contributed by atoms with E-state index in [-0.39, 0.29) is 11.6 Å². The molecule has 0 saturated heterocycles. The van der Waals surface area contributed by atoms with Gasteiger partial charge in [-0.05, 0) is 6.07 Å². The van der Waals surface area contributed by atoms with Gasteiger partial charge >= 0.3 is 0 Å². The summed E-state index contributed by atoms with van der Waals surface area (Å²) >= 11 is 10.2. The van der Waals surface area contributed by atoms with Crippen molar-refractivity contribution in [1.82, 2.24) is 0 Å². The Morgan fingerprint density at radius 3 is 2.90 bits per heavy atom. The lowest BCUT2D eigenvalue weighted by Gasteiger charge is -1.93. The summed E-state index contributed by atoms with van der Waals surface area (Å²) in [6, 6.07) is 1.53. The molecule has 4 heteroatoms. The summed E-state index contributed by atoms with van der Waals surface area (Å²) in [4.78, 5) is 0. The molecule has 0 aliphatic carbocycles. The topological polar surface area (TPSA) is 33.4 Å². The average molecular weight is 177 g/mol. The highest BCUT2D eigenvalue weighted by atomic mass is 35.5. The SMILES string of the molecule is Oc1coc(CCl)cc1=S. The number of rotatable bonds is 1. The molecule has 0 spiro atoms. The van der Waals surface area contributed by atoms with Crippen LogP contribution in [-0.2, 0) is 5.88 Å². The van der Waals surface area contributed by atoms with Gasteiger partial charge in [-0.3, -0.25) is 0 Å². The molecule has 0 aliphatic heterocycles. The van der Waals surface area contributed by atoms with Gasteiger partial charge in [0, 0.05) is 0 Å². The van der Waals surface area contributed by atoms with E-state index >= 15 is 0 Å². The Bertz CT molecular complexity index is 281. The smallest absolute Gasteiger partial charge is 0.169 e. The maximum absolute atomic E-state index is 8.90. The van der Waals surface area contributed by atoms with Crippen molar-refractivity contribution in [2.24, 2.45) is 0 Å². The number of halogens is 1. The lowest BCUT2D eigenvalue weighted by atomic mass is 10.4. The van der Waals surface area contributed by atoms with Gasteiger partial charge in [0.05, 0.1) is 10.4 Å². The van der Waals surface area contributed by atoms with E-state index in [9.17, 15) is 0 Å². The van der Waals surface area contributed by atoms with Crippen LogP contribution in [0.2, 0.25) is 0 Å². The highest BCUT2D eigenvalue weighted by Gasteiger charge is 1.95. The molecular formula is C6H5ClO2S. The van der Waals surface area contributed by atoms with E-state index in [0.29, 0.717) is 10.3 Å². The fourth-order valence-electron chi connectivity index (χ4n) is 0.514. The number of hydrogen-bond acceptors (Lipinski definition) is 3. The summed E-state index contributed by atoms with van der Waals surface area (Å²) in [7, 11) is 0. The van der Waals surface area contributed by atoms with Gasteiger partial charge < -0.3 is 9.52 Å². The second-order valence-corrected chi connectivity index (χ2v) is 2.44. The van der Waals surface area contributed by atoms with E-state index in [4.69, 9.17) is 33.3 Å². The molecule has 1 aromatic rings. The van der Waals surface area contributed by atoms with E-state index in [1.165, 1.54) is 12.3 Å². The molecule has 1 aromatic heterocycles. The second-order valence-electron chi connectivity index (χ2n) is 1.73. The molecular weight excluding hydrogens is 172 g/mol. The standard InChI is InChI=1S/C6H5ClO2S/c7-2-4-1-6(10)5(8)3-9-4/h1,3,8H,2H2. The van der Waals surface area contributed by atoms with Crippen LogP contribution < -0.4 is 0 Å². The highest BCUT2D eigenvalue weighted by Crippen LogP contribution is 2.14. The van der Waals surface area contributed by atoms with Crippen molar-refractivity contribution in [3.8, 4) is 5.75 Å². The molecule has 54 valence electrons. The summed E-state index contributed by atoms with van der Waals surface area (Å²) in [6.07, 6.45) is 1.18. The van der Waals surface area contributed by atoms with Crippen molar-refractivity contribution in [3.63, 3.8) is 0 Å². The average Bonchev–Trinajstić information content (AvgIpc) is 1.95. The van der Waals surface area contributed by atoms with Crippen LogP contribution in [-0.4, -0.2) is 5.11 Å². The van der Waals surface area contributed by atoms with Gasteiger partial charge in [0.2, 0.25) is 0 Å². The fourth-order valence-corrected chi connectivity index (χ4v) is 0.834. The molecule has 0 unspecified atom stereocenters. The van der Waals surface area contributed by atoms with Crippen LogP contribution in [0.4, 0.5) is 0 Å². The van der Waals surface area contributed by atoms with Gasteiger partial charge in [-0.2, -0.15) is 0 Å². The lowest BCUT2D eigenvalue weighted by molar-refractivity contribution is 0.422. The van der Waals surface area contributed by atoms with Crippen molar-refractivity contribution in [2.75, 3.05) is 0 Å². The van der Waals surface area contributed by atoms with Crippen molar-refractivity contribution in [3.05, 3.63) is 22.6 Å². The molecule has 0 radical (unpaired) electrons. The molecule has 0 aliphatic rings. The van der Waals surface area contributed by atoms with Crippen molar-refractivity contribution < 1.29 is 9.52 Å². The molecule has 0 saturated carbocycles. The normalized spacial score (nSPS) is 9.70. The second kappa shape index (κ2) is 3.03. The van der Waals surface area contributed by atoms with E-state index in [1.54, 1.807) is 0 Å². The molecule has 0 amide bonds. The lowest BCUT2D eigenvalue weighted by Crippen LogP contribution is -1.75. The molecule has 0 atom stereocenters. The predicted molar refractivity (Wildman–Crippen MR) is 40.8 cm³/mol. The molecule has 0 aromatic carbocycles. The third-order valence-corrected chi connectivity index (χ3v) is 1.59. The minimum atomic E-state index is -0.0242. The molecule has 2 nitrogen and oxygen atoms in total. The Labute approximate surface area is 68.1 Å². The van der Waals surface area contributed by atoms with Crippen molar-refractivity contribution in [1.29, 1.82) is 0 Å². The first kappa shape index (κ1) is 7.57. The van der Waals surface area contributed by atoms with Gasteiger partial charge in [-0.15, -0.1) is 11.6 Å². The van der Waals surface area contributed by atoms with Crippen LogP contribution in [0.1, 0.15) is 5.76 Å². The van der Waals surface area contributed by atoms with Crippen molar-refractivity contribution >= 4 is 23.8 Å². The summed E-state index contributed by atoms with van der Waals surface area (Å²) in [6.45, 7) is 0.